The zero-order chi connectivity index (χ0) is 19.3. The van der Waals surface area contributed by atoms with E-state index in [0.717, 1.165) is 37.4 Å². The van der Waals surface area contributed by atoms with E-state index < -0.39 is 0 Å². The minimum absolute atomic E-state index is 0.261. The first-order valence-corrected chi connectivity index (χ1v) is 9.39. The first-order chi connectivity index (χ1) is 13.7. The van der Waals surface area contributed by atoms with Crippen LogP contribution in [0.15, 0.2) is 55.0 Å². The van der Waals surface area contributed by atoms with Crippen molar-refractivity contribution in [2.75, 3.05) is 31.6 Å². The van der Waals surface area contributed by atoms with Gasteiger partial charge in [-0.05, 0) is 24.1 Å². The van der Waals surface area contributed by atoms with Crippen molar-refractivity contribution < 1.29 is 9.53 Å². The summed E-state index contributed by atoms with van der Waals surface area (Å²) < 4.78 is 5.44. The van der Waals surface area contributed by atoms with Gasteiger partial charge in [0.2, 0.25) is 0 Å². The first kappa shape index (κ1) is 18.3. The third kappa shape index (κ3) is 3.95. The Balaban J connectivity index is 1.55. The first-order valence-electron chi connectivity index (χ1n) is 9.39. The van der Waals surface area contributed by atoms with Gasteiger partial charge in [0.05, 0.1) is 25.1 Å². The van der Waals surface area contributed by atoms with Crippen LogP contribution in [0, 0.1) is 0 Å². The number of hydrogen-bond donors (Lipinski definition) is 2. The highest BCUT2D eigenvalue weighted by Crippen LogP contribution is 2.27. The molecule has 7 heteroatoms. The number of aromatic amines is 1. The van der Waals surface area contributed by atoms with Gasteiger partial charge in [0.15, 0.2) is 0 Å². The topological polar surface area (TPSA) is 83.1 Å². The van der Waals surface area contributed by atoms with Crippen LogP contribution >= 0.6 is 0 Å². The fraction of sp³-hybridized carbons (Fsp3) is 0.286. The van der Waals surface area contributed by atoms with Crippen molar-refractivity contribution >= 4 is 11.6 Å². The van der Waals surface area contributed by atoms with Gasteiger partial charge < -0.3 is 10.1 Å². The number of ether oxygens (including phenoxy) is 1. The number of amides is 1. The summed E-state index contributed by atoms with van der Waals surface area (Å²) in [5.74, 6) is -0.261. The maximum atomic E-state index is 12.7. The summed E-state index contributed by atoms with van der Waals surface area (Å²) in [5.41, 5.74) is 4.00. The molecule has 2 aromatic heterocycles. The van der Waals surface area contributed by atoms with Crippen molar-refractivity contribution in [2.45, 2.75) is 13.0 Å². The monoisotopic (exact) mass is 377 g/mol. The summed E-state index contributed by atoms with van der Waals surface area (Å²) >= 11 is 0. The molecule has 28 heavy (non-hydrogen) atoms. The van der Waals surface area contributed by atoms with E-state index >= 15 is 0 Å². The van der Waals surface area contributed by atoms with Crippen molar-refractivity contribution in [3.05, 3.63) is 66.2 Å². The maximum Gasteiger partial charge on any atom is 0.274 e. The minimum atomic E-state index is -0.261. The number of anilines is 1. The Hall–Kier alpha value is -3.03. The lowest BCUT2D eigenvalue weighted by atomic mass is 9.99. The fourth-order valence-electron chi connectivity index (χ4n) is 3.45. The van der Waals surface area contributed by atoms with Crippen molar-refractivity contribution in [3.63, 3.8) is 0 Å². The number of carbonyl (C=O) groups excluding carboxylic acids is 1. The van der Waals surface area contributed by atoms with Gasteiger partial charge >= 0.3 is 0 Å². The minimum Gasteiger partial charge on any atom is -0.379 e. The number of pyridine rings is 1. The zero-order valence-electron chi connectivity index (χ0n) is 15.8. The van der Waals surface area contributed by atoms with Crippen LogP contribution in [0.4, 0.5) is 5.69 Å². The zero-order valence-corrected chi connectivity index (χ0v) is 15.8. The second kappa shape index (κ2) is 8.33. The van der Waals surface area contributed by atoms with Gasteiger partial charge in [0.25, 0.3) is 5.91 Å². The van der Waals surface area contributed by atoms with Crippen LogP contribution in [0.25, 0.3) is 11.1 Å². The molecule has 0 spiro atoms. The van der Waals surface area contributed by atoms with E-state index in [2.05, 4.69) is 56.6 Å². The molecule has 0 bridgehead atoms. The van der Waals surface area contributed by atoms with Crippen LogP contribution in [-0.4, -0.2) is 52.3 Å². The van der Waals surface area contributed by atoms with Crippen LogP contribution in [0.1, 0.15) is 29.0 Å². The highest BCUT2D eigenvalue weighted by atomic mass is 16.5. The predicted octanol–water partition coefficient (Wildman–Crippen LogP) is 3.12. The second-order valence-electron chi connectivity index (χ2n) is 6.79. The number of morpholine rings is 1. The highest BCUT2D eigenvalue weighted by Gasteiger charge is 2.19. The molecule has 1 aromatic carbocycles. The summed E-state index contributed by atoms with van der Waals surface area (Å²) in [4.78, 5) is 19.4. The molecular formula is C21H23N5O2. The lowest BCUT2D eigenvalue weighted by Crippen LogP contribution is -2.37. The molecule has 7 nitrogen and oxygen atoms in total. The molecule has 1 fully saturated rings. The summed E-state index contributed by atoms with van der Waals surface area (Å²) in [6, 6.07) is 12.4. The molecule has 3 heterocycles. The van der Waals surface area contributed by atoms with Gasteiger partial charge in [-0.3, -0.25) is 19.8 Å². The molecule has 1 aliphatic heterocycles. The second-order valence-corrected chi connectivity index (χ2v) is 6.79. The molecule has 1 amide bonds. The predicted molar refractivity (Wildman–Crippen MR) is 107 cm³/mol. The van der Waals surface area contributed by atoms with Crippen LogP contribution in [0.2, 0.25) is 0 Å². The number of nitrogens with one attached hydrogen (secondary N) is 2. The lowest BCUT2D eigenvalue weighted by molar-refractivity contribution is 0.0198. The van der Waals surface area contributed by atoms with E-state index in [9.17, 15) is 4.79 Å². The quantitative estimate of drug-likeness (QED) is 0.714. The smallest absolute Gasteiger partial charge is 0.274 e. The molecule has 0 saturated carbocycles. The van der Waals surface area contributed by atoms with Crippen molar-refractivity contribution in [3.8, 4) is 11.1 Å². The van der Waals surface area contributed by atoms with E-state index in [1.54, 1.807) is 18.6 Å². The van der Waals surface area contributed by atoms with Gasteiger partial charge in [0, 0.05) is 37.1 Å². The van der Waals surface area contributed by atoms with Gasteiger partial charge in [-0.15, -0.1) is 0 Å². The van der Waals surface area contributed by atoms with Crippen LogP contribution < -0.4 is 5.32 Å². The Morgan fingerprint density at radius 1 is 1.21 bits per heavy atom. The van der Waals surface area contributed by atoms with Gasteiger partial charge in [-0.1, -0.05) is 30.3 Å². The number of rotatable bonds is 5. The normalized spacial score (nSPS) is 15.9. The van der Waals surface area contributed by atoms with E-state index in [0.29, 0.717) is 17.4 Å². The highest BCUT2D eigenvalue weighted by molar-refractivity contribution is 6.07. The number of nitrogens with zero attached hydrogens (tertiary/aromatic N) is 3. The molecule has 3 aromatic rings. The third-order valence-electron chi connectivity index (χ3n) is 5.08. The number of benzene rings is 1. The van der Waals surface area contributed by atoms with E-state index in [-0.39, 0.29) is 5.91 Å². The standard InChI is InChI=1S/C21H23N5O2/c1-15(26-9-11-28-12-10-26)16-4-6-17(7-5-16)19-3-2-8-22-20(19)21(27)25-18-13-23-24-14-18/h2-8,13-15H,9-12H2,1H3,(H,23,24)(H,25,27). The Morgan fingerprint density at radius 3 is 2.71 bits per heavy atom. The fourth-order valence-corrected chi connectivity index (χ4v) is 3.45. The van der Waals surface area contributed by atoms with E-state index in [1.165, 1.54) is 5.56 Å². The largest absolute Gasteiger partial charge is 0.379 e. The molecule has 1 atom stereocenters. The van der Waals surface area contributed by atoms with E-state index in [1.807, 2.05) is 12.1 Å². The maximum absolute atomic E-state index is 12.7. The molecule has 2 N–H and O–H groups in total. The summed E-state index contributed by atoms with van der Waals surface area (Å²) in [6.45, 7) is 5.68. The third-order valence-corrected chi connectivity index (χ3v) is 5.08. The van der Waals surface area contributed by atoms with Crippen molar-refractivity contribution in [1.82, 2.24) is 20.1 Å². The Labute approximate surface area is 163 Å². The van der Waals surface area contributed by atoms with Crippen molar-refractivity contribution in [1.29, 1.82) is 0 Å². The van der Waals surface area contributed by atoms with E-state index in [4.69, 9.17) is 4.74 Å². The molecule has 0 aliphatic carbocycles. The molecule has 0 radical (unpaired) electrons. The molecule has 4 rings (SSSR count). The lowest BCUT2D eigenvalue weighted by Gasteiger charge is -2.32. The molecule has 1 aliphatic rings. The van der Waals surface area contributed by atoms with Gasteiger partial charge in [-0.2, -0.15) is 5.10 Å². The van der Waals surface area contributed by atoms with Gasteiger partial charge in [-0.25, -0.2) is 0 Å². The number of H-pyrrole nitrogens is 1. The summed E-state index contributed by atoms with van der Waals surface area (Å²) in [5, 5.41) is 9.33. The Kier molecular flexibility index (Phi) is 5.45. The van der Waals surface area contributed by atoms with Crippen molar-refractivity contribution in [2.24, 2.45) is 0 Å². The number of hydrogen-bond acceptors (Lipinski definition) is 5. The average Bonchev–Trinajstić information content (AvgIpc) is 3.27. The average molecular weight is 377 g/mol. The molecule has 144 valence electrons. The molecule has 1 saturated heterocycles. The number of aromatic nitrogens is 3. The van der Waals surface area contributed by atoms with Crippen LogP contribution in [-0.2, 0) is 4.74 Å². The molecular weight excluding hydrogens is 354 g/mol. The summed E-state index contributed by atoms with van der Waals surface area (Å²) in [6.07, 6.45) is 4.81. The Bertz CT molecular complexity index is 918. The van der Waals surface area contributed by atoms with Crippen LogP contribution in [0.3, 0.4) is 0 Å². The summed E-state index contributed by atoms with van der Waals surface area (Å²) in [7, 11) is 0. The van der Waals surface area contributed by atoms with Gasteiger partial charge in [0.1, 0.15) is 5.69 Å². The SMILES string of the molecule is CC(c1ccc(-c2cccnc2C(=O)Nc2cn[nH]c2)cc1)N1CCOCC1. The molecule has 1 unspecified atom stereocenters. The van der Waals surface area contributed by atoms with Crippen LogP contribution in [0.5, 0.6) is 0 Å². The number of carbonyl (C=O) groups is 1. The Morgan fingerprint density at radius 2 is 2.00 bits per heavy atom.